The molecule has 0 saturated carbocycles. The van der Waals surface area contributed by atoms with Gasteiger partial charge >= 0.3 is 0 Å². The Labute approximate surface area is 209 Å². The number of nitrogens with zero attached hydrogens (tertiary/aromatic N) is 2. The predicted octanol–water partition coefficient (Wildman–Crippen LogP) is 2.17. The maximum atomic E-state index is 13.1. The van der Waals surface area contributed by atoms with Gasteiger partial charge in [0.2, 0.25) is 5.72 Å². The summed E-state index contributed by atoms with van der Waals surface area (Å²) >= 11 is 0. The molecule has 1 aliphatic carbocycles. The first-order valence-corrected chi connectivity index (χ1v) is 10.6. The van der Waals surface area contributed by atoms with E-state index in [1.165, 1.54) is 37.3 Å². The normalized spacial score (nSPS) is 20.6. The van der Waals surface area contributed by atoms with Crippen LogP contribution in [0, 0.1) is 20.2 Å². The highest BCUT2D eigenvalue weighted by atomic mass is 16.7. The first-order valence-electron chi connectivity index (χ1n) is 10.6. The summed E-state index contributed by atoms with van der Waals surface area (Å²) in [5.74, 6) is -4.17. The molecule has 1 aliphatic rings. The van der Waals surface area contributed by atoms with Gasteiger partial charge in [-0.3, -0.25) is 35.6 Å². The highest BCUT2D eigenvalue weighted by molar-refractivity contribution is 6.08. The molecule has 0 bridgehead atoms. The summed E-state index contributed by atoms with van der Waals surface area (Å²) in [6.07, 6.45) is 3.27. The number of non-ortho nitro benzene ring substituents is 2. The quantitative estimate of drug-likeness (QED) is 0.136. The Morgan fingerprint density at radius 3 is 1.92 bits per heavy atom. The second-order valence-corrected chi connectivity index (χ2v) is 8.02. The largest absolute Gasteiger partial charge is 0.459 e. The molecule has 0 saturated heterocycles. The molecule has 0 heterocycles. The molecule has 37 heavy (non-hydrogen) atoms. The Morgan fingerprint density at radius 2 is 1.46 bits per heavy atom. The Morgan fingerprint density at radius 1 is 0.946 bits per heavy atom. The van der Waals surface area contributed by atoms with Crippen molar-refractivity contribution in [3.05, 3.63) is 80.4 Å². The molecule has 0 spiro atoms. The number of methoxy groups -OCH3 is 1. The van der Waals surface area contributed by atoms with E-state index in [0.29, 0.717) is 0 Å². The fourth-order valence-electron chi connectivity index (χ4n) is 3.65. The second-order valence-electron chi connectivity index (χ2n) is 8.02. The highest BCUT2D eigenvalue weighted by Crippen LogP contribution is 2.43. The van der Waals surface area contributed by atoms with Crippen molar-refractivity contribution >= 4 is 34.3 Å². The minimum absolute atomic E-state index is 0.0464. The molecule has 14 heteroatoms. The van der Waals surface area contributed by atoms with Gasteiger partial charge in [0.1, 0.15) is 5.78 Å². The van der Waals surface area contributed by atoms with Gasteiger partial charge in [-0.2, -0.15) is 0 Å². The topological polar surface area (TPSA) is 226 Å². The monoisotopic (exact) mass is 513 g/mol. The summed E-state index contributed by atoms with van der Waals surface area (Å²) in [5.41, 5.74) is 15.1. The molecule has 2 aromatic carbocycles. The van der Waals surface area contributed by atoms with Gasteiger partial charge < -0.3 is 25.7 Å². The van der Waals surface area contributed by atoms with Crippen molar-refractivity contribution in [3.8, 4) is 11.5 Å². The van der Waals surface area contributed by atoms with Crippen LogP contribution in [0.1, 0.15) is 13.3 Å². The number of nitro benzene ring substituents is 2. The number of rotatable bonds is 10. The molecular formula is C23H23N5O9. The zero-order valence-electron chi connectivity index (χ0n) is 19.7. The van der Waals surface area contributed by atoms with E-state index in [1.807, 2.05) is 0 Å². The first-order chi connectivity index (χ1) is 17.3. The Balaban J connectivity index is 2.23. The van der Waals surface area contributed by atoms with Gasteiger partial charge in [0.25, 0.3) is 17.2 Å². The first kappa shape index (κ1) is 26.8. The number of ether oxygens (including phenoxy) is 3. The van der Waals surface area contributed by atoms with E-state index in [-0.39, 0.29) is 34.1 Å². The van der Waals surface area contributed by atoms with Crippen molar-refractivity contribution in [3.63, 3.8) is 0 Å². The molecule has 194 valence electrons. The summed E-state index contributed by atoms with van der Waals surface area (Å²) in [6.45, 7) is 1.20. The van der Waals surface area contributed by atoms with E-state index >= 15 is 0 Å². The van der Waals surface area contributed by atoms with Gasteiger partial charge in [0.05, 0.1) is 45.3 Å². The van der Waals surface area contributed by atoms with Crippen LogP contribution in [-0.4, -0.2) is 40.0 Å². The summed E-state index contributed by atoms with van der Waals surface area (Å²) in [7, 11) is 1.11. The lowest BCUT2D eigenvalue weighted by Gasteiger charge is -2.46. The van der Waals surface area contributed by atoms with Crippen LogP contribution < -0.4 is 26.7 Å². The smallest absolute Gasteiger partial charge is 0.299 e. The zero-order valence-corrected chi connectivity index (χ0v) is 19.7. The molecule has 0 radical (unpaired) electrons. The molecule has 6 N–H and O–H groups in total. The average molecular weight is 513 g/mol. The molecule has 0 aliphatic heterocycles. The minimum atomic E-state index is -2.39. The van der Waals surface area contributed by atoms with Gasteiger partial charge in [-0.05, 0) is 31.2 Å². The zero-order chi connectivity index (χ0) is 27.5. The van der Waals surface area contributed by atoms with E-state index in [4.69, 9.17) is 31.4 Å². The number of carbonyl (C=O) groups excluding carboxylic acids is 2. The summed E-state index contributed by atoms with van der Waals surface area (Å²) in [4.78, 5) is 46.1. The van der Waals surface area contributed by atoms with Gasteiger partial charge in [0.15, 0.2) is 17.3 Å². The SMILES string of the molecule is COC1(Oc2cc([N+](=O)[O-])ccc2N)C(C(=O)CC(C)=O)=CC=CC1(N)Oc1cc([N+](=O)[O-])ccc1N. The van der Waals surface area contributed by atoms with E-state index in [9.17, 15) is 29.8 Å². The van der Waals surface area contributed by atoms with E-state index < -0.39 is 45.0 Å². The van der Waals surface area contributed by atoms with E-state index in [1.54, 1.807) is 0 Å². The van der Waals surface area contributed by atoms with Crippen molar-refractivity contribution in [2.75, 3.05) is 18.6 Å². The van der Waals surface area contributed by atoms with Gasteiger partial charge in [-0.15, -0.1) is 0 Å². The maximum absolute atomic E-state index is 13.1. The molecule has 3 rings (SSSR count). The van der Waals surface area contributed by atoms with Crippen molar-refractivity contribution in [1.82, 2.24) is 0 Å². The minimum Gasteiger partial charge on any atom is -0.459 e. The molecule has 2 unspecified atom stereocenters. The lowest BCUT2D eigenvalue weighted by Crippen LogP contribution is -2.69. The maximum Gasteiger partial charge on any atom is 0.299 e. The number of hydrogen-bond donors (Lipinski definition) is 3. The van der Waals surface area contributed by atoms with Crippen LogP contribution in [-0.2, 0) is 14.3 Å². The number of Topliss-reactive ketones (excluding diaryl/α,β-unsaturated/α-hetero) is 2. The lowest BCUT2D eigenvalue weighted by atomic mass is 9.85. The van der Waals surface area contributed by atoms with Crippen molar-refractivity contribution in [2.24, 2.45) is 5.73 Å². The fourth-order valence-corrected chi connectivity index (χ4v) is 3.65. The van der Waals surface area contributed by atoms with Gasteiger partial charge in [0, 0.05) is 19.2 Å². The van der Waals surface area contributed by atoms with Crippen molar-refractivity contribution < 1.29 is 33.6 Å². The third-order valence-electron chi connectivity index (χ3n) is 5.42. The number of nitrogen functional groups attached to an aromatic ring is 2. The van der Waals surface area contributed by atoms with Gasteiger partial charge in [-0.1, -0.05) is 6.08 Å². The Kier molecular flexibility index (Phi) is 7.27. The van der Waals surface area contributed by atoms with E-state index in [0.717, 1.165) is 31.4 Å². The molecular weight excluding hydrogens is 490 g/mol. The fraction of sp³-hybridized carbons (Fsp3) is 0.217. The molecule has 0 fully saturated rings. The highest BCUT2D eigenvalue weighted by Gasteiger charge is 2.60. The number of ketones is 2. The average Bonchev–Trinajstić information content (AvgIpc) is 2.82. The van der Waals surface area contributed by atoms with Crippen LogP contribution in [0.2, 0.25) is 0 Å². The number of hydrogen-bond acceptors (Lipinski definition) is 12. The molecule has 0 aromatic heterocycles. The molecule has 14 nitrogen and oxygen atoms in total. The van der Waals surface area contributed by atoms with Crippen LogP contribution in [0.4, 0.5) is 22.7 Å². The predicted molar refractivity (Wildman–Crippen MR) is 130 cm³/mol. The van der Waals surface area contributed by atoms with Crippen LogP contribution >= 0.6 is 0 Å². The van der Waals surface area contributed by atoms with Crippen molar-refractivity contribution in [2.45, 2.75) is 24.9 Å². The molecule has 2 atom stereocenters. The number of nitro groups is 2. The van der Waals surface area contributed by atoms with Crippen molar-refractivity contribution in [1.29, 1.82) is 0 Å². The summed E-state index contributed by atoms with van der Waals surface area (Å²) in [6, 6.07) is 6.70. The summed E-state index contributed by atoms with van der Waals surface area (Å²) < 4.78 is 17.5. The number of nitrogens with two attached hydrogens (primary N) is 3. The molecule has 0 amide bonds. The standard InChI is InChI=1S/C23H23N5O9/c1-13(29)10-19(30)16-4-3-9-22(26,36-20-11-14(27(31)32)5-7-17(20)24)23(16,35-2)37-21-12-15(28(33)34)6-8-18(21)25/h3-9,11-12H,10,24-26H2,1-2H3. The number of carbonyl (C=O) groups is 2. The second kappa shape index (κ2) is 10.0. The molecule has 2 aromatic rings. The van der Waals surface area contributed by atoms with Gasteiger partial charge in [-0.25, -0.2) is 0 Å². The number of anilines is 2. The van der Waals surface area contributed by atoms with Crippen LogP contribution in [0.25, 0.3) is 0 Å². The van der Waals surface area contributed by atoms with Crippen LogP contribution in [0.15, 0.2) is 60.2 Å². The third kappa shape index (κ3) is 5.10. The third-order valence-corrected chi connectivity index (χ3v) is 5.42. The number of allylic oxidation sites excluding steroid dienone is 2. The Bertz CT molecular complexity index is 1360. The lowest BCUT2D eigenvalue weighted by molar-refractivity contribution is -0.385. The number of benzene rings is 2. The van der Waals surface area contributed by atoms with Crippen LogP contribution in [0.5, 0.6) is 11.5 Å². The van der Waals surface area contributed by atoms with E-state index in [2.05, 4.69) is 0 Å². The Hall–Kier alpha value is -4.82. The van der Waals surface area contributed by atoms with Crippen LogP contribution in [0.3, 0.4) is 0 Å². The summed E-state index contributed by atoms with van der Waals surface area (Å²) in [5, 5.41) is 22.6.